The van der Waals surface area contributed by atoms with E-state index in [1.54, 1.807) is 6.08 Å². The van der Waals surface area contributed by atoms with Crippen LogP contribution in [0.25, 0.3) is 0 Å². The van der Waals surface area contributed by atoms with Crippen LogP contribution in [0, 0.1) is 0 Å². The SMILES string of the molecule is CC/C=C\C/C=C\C/C=C\C/C=C\C/C=C\C/C=C\C/C=C\C/C=C\C/C=C\C/C=C\C/C=C\C/C=C\CCCCC(=O)NC(COC1OC(CO)C(OC2OC(CO)C(OC3OC(CO)C(O)C(O)C3O)C(O)C2O)C(O)C1O)C(O)/C=C/CCCCCCCCCCCCCCCCCCCCCCCCCCCCC. The minimum Gasteiger partial charge on any atom is -0.394 e. The summed E-state index contributed by atoms with van der Waals surface area (Å²) in [6.07, 6.45) is 79.5. The summed E-state index contributed by atoms with van der Waals surface area (Å²) >= 11 is 0. The van der Waals surface area contributed by atoms with Gasteiger partial charge in [-0.3, -0.25) is 4.79 Å². The molecule has 0 aromatic rings. The number of carbonyl (C=O) groups is 1. The second kappa shape index (κ2) is 71.5. The van der Waals surface area contributed by atoms with E-state index in [1.807, 2.05) is 6.08 Å². The summed E-state index contributed by atoms with van der Waals surface area (Å²) in [5.41, 5.74) is 0. The molecule has 0 aliphatic carbocycles. The highest BCUT2D eigenvalue weighted by atomic mass is 16.8. The van der Waals surface area contributed by atoms with Gasteiger partial charge in [0, 0.05) is 6.42 Å². The van der Waals surface area contributed by atoms with Gasteiger partial charge in [-0.25, -0.2) is 0 Å². The smallest absolute Gasteiger partial charge is 0.220 e. The molecule has 1 amide bonds. The Morgan fingerprint density at radius 2 is 0.611 bits per heavy atom. The van der Waals surface area contributed by atoms with Gasteiger partial charge in [0.05, 0.1) is 38.6 Å². The molecule has 12 N–H and O–H groups in total. The summed E-state index contributed by atoms with van der Waals surface area (Å²) in [5, 5.41) is 121. The number of nitrogens with one attached hydrogen (secondary N) is 1. The third kappa shape index (κ3) is 50.1. The van der Waals surface area contributed by atoms with Crippen LogP contribution in [-0.4, -0.2) is 193 Å². The summed E-state index contributed by atoms with van der Waals surface area (Å²) in [4.78, 5) is 13.5. The molecule has 3 aliphatic heterocycles. The van der Waals surface area contributed by atoms with Crippen molar-refractivity contribution in [3.8, 4) is 0 Å². The van der Waals surface area contributed by atoms with Crippen LogP contribution in [0.4, 0.5) is 0 Å². The van der Waals surface area contributed by atoms with Crippen molar-refractivity contribution >= 4 is 5.91 Å². The standard InChI is InChI=1S/C94H157NO18/c1-3-5-7-9-11-13-15-17-19-21-23-25-27-29-31-33-34-35-36-37-38-39-40-41-42-44-46-48-50-52-54-56-58-60-62-64-66-68-70-72-82(100)95-77(78(99)71-69-67-65-63-61-59-57-55-53-51-49-47-45-43-32-30-28-26-24-22-20-18-16-14-12-10-8-6-4-2)76-108-92-88(106)85(103)90(80(74-97)110-92)113-94-89(107)86(104)91(81(75-98)111-94)112-93-87(105)84(102)83(101)79(73-96)109-93/h5,7,11,13,17,19,23,25,29,31,34-35,37-38,40-41,44,46,50,52,56,58,62,64,69,71,77-81,83-94,96-99,101-107H,3-4,6,8-10,12,14-16,18,20-22,24,26-28,30,32-33,36,39,42-43,45,47-49,51,53-55,57,59-61,63,65-68,70,72-76H2,1-2H3,(H,95,100)/b7-5-,13-11-,19-17-,25-23-,31-29-,35-34-,38-37-,41-40-,46-44-,52-50-,58-56-,64-62-,71-69+. The van der Waals surface area contributed by atoms with E-state index in [0.717, 1.165) is 116 Å². The second-order valence-corrected chi connectivity index (χ2v) is 30.6. The molecule has 0 saturated carbocycles. The Bertz CT molecular complexity index is 2660. The van der Waals surface area contributed by atoms with E-state index in [2.05, 4.69) is 165 Å². The number of carbonyl (C=O) groups excluding carboxylic acids is 1. The molecular formula is C94H157NO18. The van der Waals surface area contributed by atoms with Crippen LogP contribution in [0.5, 0.6) is 0 Å². The fourth-order valence-electron chi connectivity index (χ4n) is 13.8. The van der Waals surface area contributed by atoms with E-state index in [9.17, 15) is 61.0 Å². The number of allylic oxidation sites excluding steroid dienone is 25. The highest BCUT2D eigenvalue weighted by Crippen LogP contribution is 2.33. The summed E-state index contributed by atoms with van der Waals surface area (Å²) in [6.45, 7) is 1.61. The number of aliphatic hydroxyl groups excluding tert-OH is 11. The Balaban J connectivity index is 1.37. The largest absolute Gasteiger partial charge is 0.394 e. The van der Waals surface area contributed by atoms with Crippen molar-refractivity contribution in [3.63, 3.8) is 0 Å². The first-order valence-electron chi connectivity index (χ1n) is 44.2. The molecule has 3 aliphatic rings. The lowest BCUT2D eigenvalue weighted by Gasteiger charge is -2.48. The lowest BCUT2D eigenvalue weighted by atomic mass is 9.96. The van der Waals surface area contributed by atoms with Gasteiger partial charge in [0.1, 0.15) is 73.2 Å². The number of hydrogen-bond acceptors (Lipinski definition) is 18. The van der Waals surface area contributed by atoms with Crippen molar-refractivity contribution in [3.05, 3.63) is 158 Å². The monoisotopic (exact) mass is 1590 g/mol. The number of aliphatic hydroxyl groups is 11. The zero-order chi connectivity index (χ0) is 81.7. The van der Waals surface area contributed by atoms with E-state index >= 15 is 0 Å². The molecule has 0 aromatic heterocycles. The summed E-state index contributed by atoms with van der Waals surface area (Å²) in [5.74, 6) is -0.321. The topological polar surface area (TPSA) is 307 Å². The molecule has 0 aromatic carbocycles. The third-order valence-electron chi connectivity index (χ3n) is 20.8. The zero-order valence-corrected chi connectivity index (χ0v) is 69.5. The van der Waals surface area contributed by atoms with Gasteiger partial charge in [-0.05, 0) is 109 Å². The molecule has 3 saturated heterocycles. The van der Waals surface area contributed by atoms with E-state index in [4.69, 9.17) is 28.4 Å². The van der Waals surface area contributed by atoms with Crippen molar-refractivity contribution in [2.75, 3.05) is 26.4 Å². The van der Waals surface area contributed by atoms with E-state index < -0.39 is 124 Å². The highest BCUT2D eigenvalue weighted by molar-refractivity contribution is 5.76. The molecule has 0 spiro atoms. The average molecular weight is 1590 g/mol. The Morgan fingerprint density at radius 3 is 0.956 bits per heavy atom. The maximum atomic E-state index is 13.5. The van der Waals surface area contributed by atoms with Gasteiger partial charge in [-0.1, -0.05) is 339 Å². The maximum Gasteiger partial charge on any atom is 0.220 e. The highest BCUT2D eigenvalue weighted by Gasteiger charge is 2.54. The molecule has 17 unspecified atom stereocenters. The number of unbranched alkanes of at least 4 members (excludes halogenated alkanes) is 29. The lowest BCUT2D eigenvalue weighted by Crippen LogP contribution is -2.66. The molecule has 0 radical (unpaired) electrons. The van der Waals surface area contributed by atoms with Gasteiger partial charge < -0.3 is 89.9 Å². The van der Waals surface area contributed by atoms with E-state index in [1.165, 1.54) is 154 Å². The Labute approximate surface area is 682 Å². The predicted molar refractivity (Wildman–Crippen MR) is 456 cm³/mol. The van der Waals surface area contributed by atoms with Crippen molar-refractivity contribution in [1.29, 1.82) is 0 Å². The van der Waals surface area contributed by atoms with Crippen LogP contribution in [0.1, 0.15) is 296 Å². The van der Waals surface area contributed by atoms with Crippen LogP contribution in [0.15, 0.2) is 158 Å². The van der Waals surface area contributed by atoms with Crippen molar-refractivity contribution in [2.45, 2.75) is 401 Å². The summed E-state index contributed by atoms with van der Waals surface area (Å²) < 4.78 is 34.5. The number of rotatable bonds is 69. The molecule has 3 heterocycles. The van der Waals surface area contributed by atoms with Crippen molar-refractivity contribution < 1.29 is 89.4 Å². The van der Waals surface area contributed by atoms with Crippen LogP contribution in [0.2, 0.25) is 0 Å². The second-order valence-electron chi connectivity index (χ2n) is 30.6. The van der Waals surface area contributed by atoms with E-state index in [-0.39, 0.29) is 18.9 Å². The Morgan fingerprint density at radius 1 is 0.327 bits per heavy atom. The first-order chi connectivity index (χ1) is 55.3. The van der Waals surface area contributed by atoms with Crippen molar-refractivity contribution in [2.24, 2.45) is 0 Å². The number of amides is 1. The van der Waals surface area contributed by atoms with Crippen LogP contribution >= 0.6 is 0 Å². The quantitative estimate of drug-likeness (QED) is 0.0199. The minimum atomic E-state index is -1.99. The third-order valence-corrected chi connectivity index (χ3v) is 20.8. The first-order valence-corrected chi connectivity index (χ1v) is 44.2. The Hall–Kier alpha value is -4.59. The number of hydrogen-bond donors (Lipinski definition) is 12. The molecule has 113 heavy (non-hydrogen) atoms. The van der Waals surface area contributed by atoms with Gasteiger partial charge in [0.15, 0.2) is 18.9 Å². The van der Waals surface area contributed by atoms with Crippen molar-refractivity contribution in [1.82, 2.24) is 5.32 Å². The fourth-order valence-corrected chi connectivity index (χ4v) is 13.8. The first kappa shape index (κ1) is 103. The maximum absolute atomic E-state index is 13.5. The van der Waals surface area contributed by atoms with Gasteiger partial charge in [-0.15, -0.1) is 0 Å². The average Bonchev–Trinajstić information content (AvgIpc) is 0.780. The van der Waals surface area contributed by atoms with Gasteiger partial charge in [0.25, 0.3) is 0 Å². The predicted octanol–water partition coefficient (Wildman–Crippen LogP) is 16.7. The molecule has 19 nitrogen and oxygen atoms in total. The molecule has 19 heteroatoms. The number of ether oxygens (including phenoxy) is 6. The summed E-state index contributed by atoms with van der Waals surface area (Å²) in [7, 11) is 0. The molecule has 0 bridgehead atoms. The molecular weight excluding hydrogens is 1430 g/mol. The summed E-state index contributed by atoms with van der Waals surface area (Å²) in [6, 6.07) is -1.01. The molecule has 3 fully saturated rings. The van der Waals surface area contributed by atoms with Gasteiger partial charge in [-0.2, -0.15) is 0 Å². The van der Waals surface area contributed by atoms with Crippen LogP contribution < -0.4 is 5.32 Å². The van der Waals surface area contributed by atoms with Crippen LogP contribution in [-0.2, 0) is 33.2 Å². The lowest BCUT2D eigenvalue weighted by molar-refractivity contribution is -0.379. The molecule has 3 rings (SSSR count). The van der Waals surface area contributed by atoms with E-state index in [0.29, 0.717) is 6.42 Å². The fraction of sp³-hybridized carbons (Fsp3) is 0.713. The zero-order valence-electron chi connectivity index (χ0n) is 69.5. The minimum absolute atomic E-state index is 0.178. The van der Waals surface area contributed by atoms with Crippen LogP contribution in [0.3, 0.4) is 0 Å². The molecule has 17 atom stereocenters. The molecule has 646 valence electrons. The Kier molecular flexibility index (Phi) is 64.9. The van der Waals surface area contributed by atoms with Gasteiger partial charge in [0.2, 0.25) is 5.91 Å². The normalized spacial score (nSPS) is 25.6. The van der Waals surface area contributed by atoms with Gasteiger partial charge >= 0.3 is 0 Å².